The zero-order valence-corrected chi connectivity index (χ0v) is 21.6. The number of aromatic nitrogens is 4. The summed E-state index contributed by atoms with van der Waals surface area (Å²) < 4.78 is 4.33. The topological polar surface area (TPSA) is 81.8 Å². The smallest absolute Gasteiger partial charge is 0.333 e. The largest absolute Gasteiger partial charge is 0.349 e. The highest BCUT2D eigenvalue weighted by atomic mass is 79.9. The maximum atomic E-state index is 13.5. The molecule has 0 bridgehead atoms. The van der Waals surface area contributed by atoms with E-state index in [1.165, 1.54) is 0 Å². The Bertz CT molecular complexity index is 1440. The van der Waals surface area contributed by atoms with Crippen LogP contribution in [0.4, 0.5) is 0 Å². The second-order valence-corrected chi connectivity index (χ2v) is 10.3. The lowest BCUT2D eigenvalue weighted by atomic mass is 9.85. The van der Waals surface area contributed by atoms with Gasteiger partial charge in [-0.2, -0.15) is 0 Å². The van der Waals surface area contributed by atoms with Gasteiger partial charge in [0.15, 0.2) is 0 Å². The van der Waals surface area contributed by atoms with E-state index in [0.717, 1.165) is 47.0 Å². The predicted molar refractivity (Wildman–Crippen MR) is 140 cm³/mol. The van der Waals surface area contributed by atoms with Gasteiger partial charge < -0.3 is 5.32 Å². The molecular formula is C26H25BrClN5O2. The van der Waals surface area contributed by atoms with Crippen LogP contribution in [0.5, 0.6) is 0 Å². The van der Waals surface area contributed by atoms with Crippen LogP contribution in [0, 0.1) is 12.8 Å². The van der Waals surface area contributed by atoms with E-state index in [4.69, 9.17) is 11.6 Å². The van der Waals surface area contributed by atoms with Crippen molar-refractivity contribution in [1.29, 1.82) is 0 Å². The van der Waals surface area contributed by atoms with Crippen LogP contribution < -0.4 is 11.0 Å². The maximum Gasteiger partial charge on any atom is 0.333 e. The van der Waals surface area contributed by atoms with Gasteiger partial charge in [0.1, 0.15) is 4.60 Å². The first-order valence-electron chi connectivity index (χ1n) is 11.7. The molecule has 4 aromatic rings. The molecule has 0 radical (unpaired) electrons. The molecule has 1 fully saturated rings. The molecule has 180 valence electrons. The van der Waals surface area contributed by atoms with Crippen LogP contribution >= 0.6 is 27.5 Å². The third kappa shape index (κ3) is 4.90. The van der Waals surface area contributed by atoms with E-state index in [1.807, 2.05) is 41.0 Å². The van der Waals surface area contributed by atoms with Gasteiger partial charge in [-0.3, -0.25) is 18.9 Å². The van der Waals surface area contributed by atoms with Gasteiger partial charge in [-0.25, -0.2) is 9.78 Å². The number of para-hydroxylation sites is 2. The summed E-state index contributed by atoms with van der Waals surface area (Å²) in [6.45, 7) is 2.45. The van der Waals surface area contributed by atoms with Gasteiger partial charge in [0.25, 0.3) is 5.91 Å². The summed E-state index contributed by atoms with van der Waals surface area (Å²) in [6.07, 6.45) is 6.85. The Morgan fingerprint density at radius 1 is 1.09 bits per heavy atom. The Balaban J connectivity index is 1.30. The van der Waals surface area contributed by atoms with Crippen LogP contribution in [0.25, 0.3) is 16.7 Å². The fraction of sp³-hybridized carbons (Fsp3) is 0.308. The van der Waals surface area contributed by atoms with Crippen LogP contribution in [-0.2, 0) is 6.54 Å². The van der Waals surface area contributed by atoms with Crippen molar-refractivity contribution in [2.45, 2.75) is 45.2 Å². The van der Waals surface area contributed by atoms with Gasteiger partial charge in [0.2, 0.25) is 0 Å². The standard InChI is InChI=1S/C26H25BrClN5O2/c1-16-21(12-18(28)13-29-16)25(34)31-19-8-6-17(7-9-19)15-32-22-4-2-3-5-23(22)33(26(32)35)20-10-11-24(27)30-14-20/h2-5,10-14,17,19H,6-9,15H2,1H3,(H,31,34)/t17-,19-. The number of pyridine rings is 2. The lowest BCUT2D eigenvalue weighted by Crippen LogP contribution is -2.39. The summed E-state index contributed by atoms with van der Waals surface area (Å²) >= 11 is 9.38. The number of fused-ring (bicyclic) bond motifs is 1. The van der Waals surface area contributed by atoms with Gasteiger partial charge in [-0.15, -0.1) is 0 Å². The first kappa shape index (κ1) is 23.8. The molecule has 1 saturated carbocycles. The van der Waals surface area contributed by atoms with E-state index in [1.54, 1.807) is 30.0 Å². The number of hydrogen-bond acceptors (Lipinski definition) is 4. The molecular weight excluding hydrogens is 530 g/mol. The third-order valence-electron chi connectivity index (χ3n) is 6.73. The number of amides is 1. The van der Waals surface area contributed by atoms with Gasteiger partial charge in [0.05, 0.1) is 39.2 Å². The third-order valence-corrected chi connectivity index (χ3v) is 7.40. The molecule has 1 aliphatic carbocycles. The van der Waals surface area contributed by atoms with Crippen LogP contribution in [0.3, 0.4) is 0 Å². The fourth-order valence-electron chi connectivity index (χ4n) is 4.88. The quantitative estimate of drug-likeness (QED) is 0.340. The summed E-state index contributed by atoms with van der Waals surface area (Å²) in [5.41, 5.74) is 3.65. The maximum absolute atomic E-state index is 13.5. The van der Waals surface area contributed by atoms with Gasteiger partial charge in [0, 0.05) is 18.8 Å². The average molecular weight is 555 g/mol. The Hall–Kier alpha value is -2.97. The molecule has 1 N–H and O–H groups in total. The molecule has 0 atom stereocenters. The van der Waals surface area contributed by atoms with Crippen molar-refractivity contribution in [3.05, 3.63) is 86.2 Å². The number of benzene rings is 1. The number of imidazole rings is 1. The lowest BCUT2D eigenvalue weighted by Gasteiger charge is -2.29. The number of aryl methyl sites for hydroxylation is 1. The molecule has 3 heterocycles. The number of hydrogen-bond donors (Lipinski definition) is 1. The van der Waals surface area contributed by atoms with E-state index in [9.17, 15) is 9.59 Å². The first-order chi connectivity index (χ1) is 16.9. The highest BCUT2D eigenvalue weighted by Crippen LogP contribution is 2.28. The Kier molecular flexibility index (Phi) is 6.75. The molecule has 0 saturated heterocycles. The van der Waals surface area contributed by atoms with E-state index >= 15 is 0 Å². The second-order valence-electron chi connectivity index (χ2n) is 9.03. The number of carbonyl (C=O) groups excluding carboxylic acids is 1. The summed E-state index contributed by atoms with van der Waals surface area (Å²) in [5.74, 6) is 0.223. The molecule has 7 nitrogen and oxygen atoms in total. The highest BCUT2D eigenvalue weighted by Gasteiger charge is 2.25. The second kappa shape index (κ2) is 9.95. The van der Waals surface area contributed by atoms with E-state index in [0.29, 0.717) is 28.7 Å². The normalized spacial score (nSPS) is 18.0. The Morgan fingerprint density at radius 3 is 2.54 bits per heavy atom. The molecule has 1 aromatic carbocycles. The Labute approximate surface area is 216 Å². The number of halogens is 2. The van der Waals surface area contributed by atoms with Crippen molar-refractivity contribution in [2.24, 2.45) is 5.92 Å². The average Bonchev–Trinajstić information content (AvgIpc) is 3.13. The van der Waals surface area contributed by atoms with Crippen LogP contribution in [0.2, 0.25) is 5.02 Å². The van der Waals surface area contributed by atoms with Gasteiger partial charge in [-0.1, -0.05) is 23.7 Å². The number of carbonyl (C=O) groups is 1. The molecule has 5 rings (SSSR count). The van der Waals surface area contributed by atoms with Crippen molar-refractivity contribution < 1.29 is 4.79 Å². The minimum absolute atomic E-state index is 0.0605. The molecule has 0 aliphatic heterocycles. The Morgan fingerprint density at radius 2 is 1.83 bits per heavy atom. The van der Waals surface area contributed by atoms with Gasteiger partial charge in [-0.05, 0) is 84.8 Å². The fourth-order valence-corrected chi connectivity index (χ4v) is 5.28. The number of nitrogens with one attached hydrogen (secondary N) is 1. The minimum Gasteiger partial charge on any atom is -0.349 e. The number of nitrogens with zero attached hydrogens (tertiary/aromatic N) is 4. The van der Waals surface area contributed by atoms with Crippen molar-refractivity contribution in [3.8, 4) is 5.69 Å². The highest BCUT2D eigenvalue weighted by molar-refractivity contribution is 9.10. The molecule has 3 aromatic heterocycles. The summed E-state index contributed by atoms with van der Waals surface area (Å²) in [6, 6.07) is 13.4. The number of rotatable bonds is 5. The van der Waals surface area contributed by atoms with Crippen LogP contribution in [0.1, 0.15) is 41.7 Å². The lowest BCUT2D eigenvalue weighted by molar-refractivity contribution is 0.0919. The van der Waals surface area contributed by atoms with Crippen LogP contribution in [0.15, 0.2) is 64.3 Å². The van der Waals surface area contributed by atoms with E-state index in [2.05, 4.69) is 31.2 Å². The van der Waals surface area contributed by atoms with E-state index in [-0.39, 0.29) is 17.6 Å². The summed E-state index contributed by atoms with van der Waals surface area (Å²) in [5, 5.41) is 3.59. The molecule has 1 aliphatic rings. The summed E-state index contributed by atoms with van der Waals surface area (Å²) in [4.78, 5) is 34.7. The SMILES string of the molecule is Cc1ncc(Cl)cc1C(=O)N[C@H]1CC[C@H](Cn2c(=O)n(-c3ccc(Br)nc3)c3ccccc32)CC1. The monoisotopic (exact) mass is 553 g/mol. The molecule has 35 heavy (non-hydrogen) atoms. The van der Waals surface area contributed by atoms with Crippen molar-refractivity contribution >= 4 is 44.5 Å². The van der Waals surface area contributed by atoms with E-state index < -0.39 is 0 Å². The van der Waals surface area contributed by atoms with Gasteiger partial charge >= 0.3 is 5.69 Å². The molecule has 0 spiro atoms. The molecule has 1 amide bonds. The van der Waals surface area contributed by atoms with Crippen LogP contribution in [-0.4, -0.2) is 31.1 Å². The van der Waals surface area contributed by atoms with Crippen molar-refractivity contribution in [1.82, 2.24) is 24.4 Å². The first-order valence-corrected chi connectivity index (χ1v) is 12.8. The van der Waals surface area contributed by atoms with Crippen molar-refractivity contribution in [3.63, 3.8) is 0 Å². The zero-order valence-electron chi connectivity index (χ0n) is 19.2. The zero-order chi connectivity index (χ0) is 24.5. The molecule has 9 heteroatoms. The van der Waals surface area contributed by atoms with Crippen molar-refractivity contribution in [2.75, 3.05) is 0 Å². The molecule has 0 unspecified atom stereocenters. The minimum atomic E-state index is -0.136. The summed E-state index contributed by atoms with van der Waals surface area (Å²) in [7, 11) is 0. The predicted octanol–water partition coefficient (Wildman–Crippen LogP) is 5.30.